The molecule has 0 aromatic carbocycles. The van der Waals surface area contributed by atoms with E-state index in [9.17, 15) is 39.3 Å². The Morgan fingerprint density at radius 2 is 1.81 bits per heavy atom. The molecule has 3 amide bonds. The van der Waals surface area contributed by atoms with Crippen molar-refractivity contribution in [2.75, 3.05) is 31.7 Å². The molecule has 0 aliphatic carbocycles. The number of H-pyrrole nitrogens is 1. The van der Waals surface area contributed by atoms with Crippen LogP contribution in [0.1, 0.15) is 13.2 Å². The minimum Gasteiger partial charge on any atom is -0.456 e. The molecule has 3 heterocycles. The maximum Gasteiger partial charge on any atom is 0.330 e. The first-order chi connectivity index (χ1) is 19.9. The number of carbonyl (C=O) groups is 3. The van der Waals surface area contributed by atoms with E-state index < -0.39 is 78.0 Å². The SMILES string of the molecule is CO[C@H]1[C@@H](O)[C@H](n2ccc(=O)[nH]c2=O)O[C@H]1[C@H](O[C@@H]1OC(C(=O)NCCSSCCNC(C)=O)=C[C@@H](O)[C@@H]1O)C(N)=O. The Morgan fingerprint density at radius 3 is 2.40 bits per heavy atom. The maximum atomic E-state index is 12.6. The van der Waals surface area contributed by atoms with Crippen molar-refractivity contribution < 1.29 is 48.7 Å². The van der Waals surface area contributed by atoms with E-state index in [4.69, 9.17) is 24.7 Å². The Hall–Kier alpha value is -2.91. The quantitative estimate of drug-likeness (QED) is 0.0767. The summed E-state index contributed by atoms with van der Waals surface area (Å²) in [5, 5.41) is 36.8. The van der Waals surface area contributed by atoms with E-state index in [2.05, 4.69) is 10.6 Å². The zero-order chi connectivity index (χ0) is 31.0. The van der Waals surface area contributed by atoms with E-state index in [-0.39, 0.29) is 12.5 Å². The third-order valence-corrected chi connectivity index (χ3v) is 8.45. The van der Waals surface area contributed by atoms with Gasteiger partial charge in [-0.25, -0.2) is 4.79 Å². The molecule has 19 heteroatoms. The average Bonchev–Trinajstić information content (AvgIpc) is 3.25. The van der Waals surface area contributed by atoms with Crippen molar-refractivity contribution in [1.29, 1.82) is 0 Å². The molecule has 1 aromatic rings. The predicted octanol–water partition coefficient (Wildman–Crippen LogP) is -3.72. The number of amides is 3. The molecule has 0 unspecified atom stereocenters. The number of nitrogens with one attached hydrogen (secondary N) is 3. The first-order valence-electron chi connectivity index (χ1n) is 12.6. The molecule has 42 heavy (non-hydrogen) atoms. The molecule has 0 saturated carbocycles. The van der Waals surface area contributed by atoms with Crippen LogP contribution in [0.25, 0.3) is 0 Å². The van der Waals surface area contributed by atoms with Crippen LogP contribution in [-0.2, 0) is 33.3 Å². The third kappa shape index (κ3) is 8.57. The third-order valence-electron chi connectivity index (χ3n) is 6.04. The fourth-order valence-corrected chi connectivity index (χ4v) is 5.88. The van der Waals surface area contributed by atoms with Gasteiger partial charge in [0.05, 0.1) is 0 Å². The van der Waals surface area contributed by atoms with Gasteiger partial charge in [-0.2, -0.15) is 0 Å². The van der Waals surface area contributed by atoms with Crippen LogP contribution in [0.3, 0.4) is 0 Å². The largest absolute Gasteiger partial charge is 0.456 e. The van der Waals surface area contributed by atoms with E-state index in [1.165, 1.54) is 35.6 Å². The van der Waals surface area contributed by atoms with Crippen molar-refractivity contribution >= 4 is 39.3 Å². The highest BCUT2D eigenvalue weighted by molar-refractivity contribution is 8.76. The van der Waals surface area contributed by atoms with Crippen LogP contribution in [-0.4, -0.2) is 117 Å². The molecule has 3 rings (SSSR count). The number of nitrogens with zero attached hydrogens (tertiary/aromatic N) is 1. The summed E-state index contributed by atoms with van der Waals surface area (Å²) in [5.41, 5.74) is 3.93. The Morgan fingerprint density at radius 1 is 1.14 bits per heavy atom. The van der Waals surface area contributed by atoms with E-state index in [0.29, 0.717) is 18.1 Å². The lowest BCUT2D eigenvalue weighted by atomic mass is 10.0. The lowest BCUT2D eigenvalue weighted by Gasteiger charge is -2.35. The van der Waals surface area contributed by atoms with Gasteiger partial charge in [0.15, 0.2) is 18.1 Å². The van der Waals surface area contributed by atoms with Gasteiger partial charge in [-0.05, 0) is 6.08 Å². The molecule has 1 aromatic heterocycles. The van der Waals surface area contributed by atoms with Gasteiger partial charge in [0.25, 0.3) is 11.5 Å². The first-order valence-corrected chi connectivity index (χ1v) is 15.1. The maximum absolute atomic E-state index is 12.6. The number of aromatic nitrogens is 2. The van der Waals surface area contributed by atoms with Crippen LogP contribution in [0.5, 0.6) is 0 Å². The van der Waals surface area contributed by atoms with E-state index in [0.717, 1.165) is 22.9 Å². The topological polar surface area (TPSA) is 254 Å². The van der Waals surface area contributed by atoms with Crippen molar-refractivity contribution in [3.63, 3.8) is 0 Å². The van der Waals surface area contributed by atoms with Crippen LogP contribution >= 0.6 is 21.6 Å². The molecule has 1 saturated heterocycles. The van der Waals surface area contributed by atoms with Crippen LogP contribution in [0.15, 0.2) is 33.7 Å². The predicted molar refractivity (Wildman–Crippen MR) is 148 cm³/mol. The molecule has 8 N–H and O–H groups in total. The second kappa shape index (κ2) is 15.5. The summed E-state index contributed by atoms with van der Waals surface area (Å²) in [6, 6.07) is 1.02. The highest BCUT2D eigenvalue weighted by Crippen LogP contribution is 2.34. The number of aliphatic hydroxyl groups is 3. The summed E-state index contributed by atoms with van der Waals surface area (Å²) in [6.45, 7) is 2.16. The molecular formula is C23H33N5O12S2. The molecule has 0 radical (unpaired) electrons. The molecule has 8 atom stereocenters. The van der Waals surface area contributed by atoms with Gasteiger partial charge in [-0.3, -0.25) is 28.7 Å². The standard InChI is InChI=1S/C23H33N5O12S2/c1-10(29)25-4-7-41-42-8-5-26-20(35)12-9-11(30)14(32)22(38-12)40-18(19(24)34)17-16(37-2)15(33)21(39-17)28-6-3-13(31)27-23(28)36/h3,6,9,11,14-18,21-22,30,32-33H,4-5,7-8H2,1-2H3,(H2,24,34)(H,25,29)(H,26,35)(H,27,31,36)/t11-,14+,15-,16+,17-,18+,21-,22+/m1/s1. The number of carbonyl (C=O) groups excluding carboxylic acids is 3. The second-order valence-corrected chi connectivity index (χ2v) is 11.7. The molecule has 0 spiro atoms. The number of hydrogen-bond acceptors (Lipinski definition) is 14. The summed E-state index contributed by atoms with van der Waals surface area (Å²) in [6.07, 6.45) is -10.6. The van der Waals surface area contributed by atoms with E-state index in [1.807, 2.05) is 4.98 Å². The van der Waals surface area contributed by atoms with Crippen LogP contribution in [0.4, 0.5) is 0 Å². The minimum atomic E-state index is -1.78. The second-order valence-electron chi connectivity index (χ2n) is 9.04. The molecular weight excluding hydrogens is 602 g/mol. The Kier molecular flexibility index (Phi) is 12.4. The van der Waals surface area contributed by atoms with Crippen molar-refractivity contribution in [3.05, 3.63) is 44.9 Å². The monoisotopic (exact) mass is 635 g/mol. The first kappa shape index (κ1) is 33.6. The lowest BCUT2D eigenvalue weighted by molar-refractivity contribution is -0.241. The number of aromatic amines is 1. The smallest absolute Gasteiger partial charge is 0.330 e. The Bertz CT molecular complexity index is 1260. The number of ether oxygens (including phenoxy) is 4. The highest BCUT2D eigenvalue weighted by Gasteiger charge is 2.52. The Balaban J connectivity index is 1.64. The fourth-order valence-electron chi connectivity index (χ4n) is 4.07. The van der Waals surface area contributed by atoms with Crippen molar-refractivity contribution in [2.24, 2.45) is 5.73 Å². The van der Waals surface area contributed by atoms with Gasteiger partial charge >= 0.3 is 5.69 Å². The van der Waals surface area contributed by atoms with Crippen LogP contribution in [0, 0.1) is 0 Å². The summed E-state index contributed by atoms with van der Waals surface area (Å²) in [5.74, 6) is -1.19. The molecule has 0 bridgehead atoms. The fraction of sp³-hybridized carbons (Fsp3) is 0.609. The normalized spacial score (nSPS) is 27.9. The number of aliphatic hydroxyl groups excluding tert-OH is 3. The molecule has 2 aliphatic heterocycles. The van der Waals surface area contributed by atoms with E-state index in [1.54, 1.807) is 0 Å². The van der Waals surface area contributed by atoms with Crippen LogP contribution < -0.4 is 27.6 Å². The molecule has 234 valence electrons. The van der Waals surface area contributed by atoms with Crippen molar-refractivity contribution in [1.82, 2.24) is 20.2 Å². The zero-order valence-electron chi connectivity index (χ0n) is 22.5. The highest BCUT2D eigenvalue weighted by atomic mass is 33.1. The van der Waals surface area contributed by atoms with Crippen molar-refractivity contribution in [2.45, 2.75) is 56.1 Å². The number of primary amides is 1. The zero-order valence-corrected chi connectivity index (χ0v) is 24.2. The van der Waals surface area contributed by atoms with Crippen molar-refractivity contribution in [3.8, 4) is 0 Å². The average molecular weight is 636 g/mol. The minimum absolute atomic E-state index is 0.121. The van der Waals surface area contributed by atoms with Gasteiger partial charge < -0.3 is 50.6 Å². The summed E-state index contributed by atoms with van der Waals surface area (Å²) in [7, 11) is 4.16. The van der Waals surface area contributed by atoms with E-state index >= 15 is 0 Å². The molecule has 2 aliphatic rings. The van der Waals surface area contributed by atoms with Gasteiger partial charge in [0.2, 0.25) is 18.1 Å². The number of nitrogens with two attached hydrogens (primary N) is 1. The van der Waals surface area contributed by atoms with Gasteiger partial charge in [0.1, 0.15) is 30.5 Å². The van der Waals surface area contributed by atoms with Gasteiger partial charge in [-0.1, -0.05) is 21.6 Å². The summed E-state index contributed by atoms with van der Waals surface area (Å²) >= 11 is 0. The lowest BCUT2D eigenvalue weighted by Crippen LogP contribution is -2.54. The number of methoxy groups -OCH3 is 1. The summed E-state index contributed by atoms with van der Waals surface area (Å²) in [4.78, 5) is 61.6. The summed E-state index contributed by atoms with van der Waals surface area (Å²) < 4.78 is 22.9. The Labute approximate surface area is 246 Å². The number of rotatable bonds is 14. The molecule has 17 nitrogen and oxygen atoms in total. The molecule has 1 fully saturated rings. The van der Waals surface area contributed by atoms with Crippen LogP contribution in [0.2, 0.25) is 0 Å². The number of hydrogen-bond donors (Lipinski definition) is 7. The van der Waals surface area contributed by atoms with Gasteiger partial charge in [-0.15, -0.1) is 0 Å². The van der Waals surface area contributed by atoms with Gasteiger partial charge in [0, 0.05) is 50.9 Å².